The normalized spacial score (nSPS) is 21.3. The van der Waals surface area contributed by atoms with Crippen molar-refractivity contribution in [2.24, 2.45) is 11.7 Å². The maximum atomic E-state index is 10.3. The smallest absolute Gasteiger partial charge is 0.322 e. The third-order valence-corrected chi connectivity index (χ3v) is 2.26. The minimum atomic E-state index is -0.991. The molecule has 2 unspecified atom stereocenters. The standard InChI is InChI=1S/C5H10N2O2.C5H11NO2/c8-5(9)4-3-6-1-2-7-4;1-3(2)4(7)5(6)8/h4,6-7H,1-3H2,(H,8,9);3-4,7H,1-2H3,(H2,6,8). The molecule has 7 heteroatoms. The molecule has 1 heterocycles. The van der Waals surface area contributed by atoms with Gasteiger partial charge in [0, 0.05) is 19.6 Å². The molecule has 0 aromatic rings. The van der Waals surface area contributed by atoms with E-state index in [1.807, 2.05) is 0 Å². The lowest BCUT2D eigenvalue weighted by molar-refractivity contribution is -0.139. The Bertz CT molecular complexity index is 252. The Kier molecular flexibility index (Phi) is 7.44. The molecule has 1 amide bonds. The molecule has 0 saturated carbocycles. The molecule has 1 aliphatic rings. The Balaban J connectivity index is 0.000000304. The van der Waals surface area contributed by atoms with E-state index in [2.05, 4.69) is 10.6 Å². The van der Waals surface area contributed by atoms with Crippen LogP contribution in [0.25, 0.3) is 0 Å². The number of aliphatic hydroxyl groups excluding tert-OH is 1. The van der Waals surface area contributed by atoms with Crippen molar-refractivity contribution in [3.05, 3.63) is 0 Å². The number of rotatable bonds is 3. The molecule has 1 fully saturated rings. The monoisotopic (exact) mass is 247 g/mol. The third-order valence-electron chi connectivity index (χ3n) is 2.26. The zero-order chi connectivity index (χ0) is 13.4. The number of carbonyl (C=O) groups is 2. The summed E-state index contributed by atoms with van der Waals surface area (Å²) in [5, 5.41) is 23.0. The van der Waals surface area contributed by atoms with Crippen molar-refractivity contribution in [3.63, 3.8) is 0 Å². The van der Waals surface area contributed by atoms with E-state index < -0.39 is 24.0 Å². The molecular formula is C10H21N3O4. The lowest BCUT2D eigenvalue weighted by atomic mass is 10.1. The van der Waals surface area contributed by atoms with Crippen LogP contribution in [0.3, 0.4) is 0 Å². The Morgan fingerprint density at radius 3 is 2.12 bits per heavy atom. The minimum absolute atomic E-state index is 0.0764. The van der Waals surface area contributed by atoms with Gasteiger partial charge in [-0.15, -0.1) is 0 Å². The maximum absolute atomic E-state index is 10.3. The zero-order valence-corrected chi connectivity index (χ0v) is 10.1. The number of primary amides is 1. The molecule has 0 spiro atoms. The average Bonchev–Trinajstić information content (AvgIpc) is 2.29. The number of carbonyl (C=O) groups excluding carboxylic acids is 1. The lowest BCUT2D eigenvalue weighted by Crippen LogP contribution is -2.52. The fourth-order valence-corrected chi connectivity index (χ4v) is 1.16. The van der Waals surface area contributed by atoms with Crippen molar-refractivity contribution in [3.8, 4) is 0 Å². The summed E-state index contributed by atoms with van der Waals surface area (Å²) in [7, 11) is 0. The van der Waals surface area contributed by atoms with Crippen molar-refractivity contribution in [1.82, 2.24) is 10.6 Å². The molecule has 17 heavy (non-hydrogen) atoms. The van der Waals surface area contributed by atoms with Crippen molar-refractivity contribution in [2.45, 2.75) is 26.0 Å². The van der Waals surface area contributed by atoms with Crippen LogP contribution in [0.5, 0.6) is 0 Å². The van der Waals surface area contributed by atoms with Gasteiger partial charge in [-0.3, -0.25) is 9.59 Å². The van der Waals surface area contributed by atoms with Crippen molar-refractivity contribution < 1.29 is 19.8 Å². The van der Waals surface area contributed by atoms with Crippen LogP contribution in [-0.2, 0) is 9.59 Å². The number of nitrogens with one attached hydrogen (secondary N) is 2. The van der Waals surface area contributed by atoms with Gasteiger partial charge in [-0.25, -0.2) is 0 Å². The first-order chi connectivity index (χ1) is 7.86. The van der Waals surface area contributed by atoms with Gasteiger partial charge in [-0.2, -0.15) is 0 Å². The second-order valence-electron chi connectivity index (χ2n) is 4.14. The summed E-state index contributed by atoms with van der Waals surface area (Å²) in [6.07, 6.45) is -0.991. The number of piperazine rings is 1. The van der Waals surface area contributed by atoms with Gasteiger partial charge in [0.2, 0.25) is 5.91 Å². The molecule has 2 atom stereocenters. The highest BCUT2D eigenvalue weighted by atomic mass is 16.4. The summed E-state index contributed by atoms with van der Waals surface area (Å²) in [4.78, 5) is 20.4. The fraction of sp³-hybridized carbons (Fsp3) is 0.800. The van der Waals surface area contributed by atoms with Crippen LogP contribution in [-0.4, -0.2) is 53.9 Å². The van der Waals surface area contributed by atoms with E-state index in [-0.39, 0.29) is 5.92 Å². The molecule has 0 aromatic carbocycles. The van der Waals surface area contributed by atoms with Crippen LogP contribution >= 0.6 is 0 Å². The lowest BCUT2D eigenvalue weighted by Gasteiger charge is -2.20. The molecule has 1 aliphatic heterocycles. The molecular weight excluding hydrogens is 226 g/mol. The van der Waals surface area contributed by atoms with Crippen molar-refractivity contribution in [1.29, 1.82) is 0 Å². The second kappa shape index (κ2) is 7.99. The van der Waals surface area contributed by atoms with Gasteiger partial charge in [-0.05, 0) is 5.92 Å². The molecule has 7 nitrogen and oxygen atoms in total. The zero-order valence-electron chi connectivity index (χ0n) is 10.1. The highest BCUT2D eigenvalue weighted by molar-refractivity contribution is 5.78. The first kappa shape index (κ1) is 15.8. The van der Waals surface area contributed by atoms with Gasteiger partial charge < -0.3 is 26.6 Å². The van der Waals surface area contributed by atoms with E-state index in [0.717, 1.165) is 13.1 Å². The number of aliphatic hydroxyl groups is 1. The summed E-state index contributed by atoms with van der Waals surface area (Å²) < 4.78 is 0. The molecule has 1 saturated heterocycles. The van der Waals surface area contributed by atoms with E-state index in [1.54, 1.807) is 13.8 Å². The SMILES string of the molecule is CC(C)C(O)C(N)=O.O=C(O)C1CNCCN1. The Labute approximate surface area is 100 Å². The van der Waals surface area contributed by atoms with Crippen LogP contribution in [0.2, 0.25) is 0 Å². The quantitative estimate of drug-likeness (QED) is 0.397. The van der Waals surface area contributed by atoms with Crippen molar-refractivity contribution >= 4 is 11.9 Å². The Hall–Kier alpha value is -1.18. The summed E-state index contributed by atoms with van der Waals surface area (Å²) in [6.45, 7) is 5.61. The fourth-order valence-electron chi connectivity index (χ4n) is 1.16. The van der Waals surface area contributed by atoms with E-state index in [1.165, 1.54) is 0 Å². The molecule has 0 aliphatic carbocycles. The van der Waals surface area contributed by atoms with Crippen LogP contribution in [0, 0.1) is 5.92 Å². The van der Waals surface area contributed by atoms with Gasteiger partial charge >= 0.3 is 5.97 Å². The molecule has 0 aromatic heterocycles. The topological polar surface area (TPSA) is 125 Å². The second-order valence-corrected chi connectivity index (χ2v) is 4.14. The van der Waals surface area contributed by atoms with E-state index in [0.29, 0.717) is 6.54 Å². The molecule has 100 valence electrons. The highest BCUT2D eigenvalue weighted by Crippen LogP contribution is 1.98. The Morgan fingerprint density at radius 1 is 1.35 bits per heavy atom. The predicted octanol–water partition coefficient (Wildman–Crippen LogP) is -1.88. The van der Waals surface area contributed by atoms with E-state index in [9.17, 15) is 9.59 Å². The molecule has 0 radical (unpaired) electrons. The largest absolute Gasteiger partial charge is 0.480 e. The summed E-state index contributed by atoms with van der Waals surface area (Å²) in [5.74, 6) is -1.50. The van der Waals surface area contributed by atoms with Crippen LogP contribution < -0.4 is 16.4 Å². The molecule has 1 rings (SSSR count). The number of hydrogen-bond acceptors (Lipinski definition) is 5. The highest BCUT2D eigenvalue weighted by Gasteiger charge is 2.18. The third kappa shape index (κ3) is 6.88. The maximum Gasteiger partial charge on any atom is 0.322 e. The van der Waals surface area contributed by atoms with E-state index >= 15 is 0 Å². The van der Waals surface area contributed by atoms with Crippen molar-refractivity contribution in [2.75, 3.05) is 19.6 Å². The van der Waals surface area contributed by atoms with Crippen LogP contribution in [0.15, 0.2) is 0 Å². The average molecular weight is 247 g/mol. The first-order valence-corrected chi connectivity index (χ1v) is 5.50. The molecule has 0 bridgehead atoms. The van der Waals surface area contributed by atoms with Gasteiger partial charge in [0.25, 0.3) is 0 Å². The van der Waals surface area contributed by atoms with Gasteiger partial charge in [0.05, 0.1) is 0 Å². The van der Waals surface area contributed by atoms with Gasteiger partial charge in [0.15, 0.2) is 0 Å². The summed E-state index contributed by atoms with van der Waals surface area (Å²) >= 11 is 0. The summed E-state index contributed by atoms with van der Waals surface area (Å²) in [5.41, 5.74) is 4.75. The number of carboxylic acid groups (broad SMARTS) is 1. The first-order valence-electron chi connectivity index (χ1n) is 5.50. The Morgan fingerprint density at radius 2 is 1.94 bits per heavy atom. The van der Waals surface area contributed by atoms with E-state index in [4.69, 9.17) is 15.9 Å². The number of amides is 1. The van der Waals surface area contributed by atoms with Gasteiger partial charge in [-0.1, -0.05) is 13.8 Å². The predicted molar refractivity (Wildman–Crippen MR) is 62.3 cm³/mol. The number of nitrogens with two attached hydrogens (primary N) is 1. The number of carboxylic acids is 1. The van der Waals surface area contributed by atoms with Crippen LogP contribution in [0.4, 0.5) is 0 Å². The number of aliphatic carboxylic acids is 1. The van der Waals surface area contributed by atoms with Gasteiger partial charge in [0.1, 0.15) is 12.1 Å². The number of hydrogen-bond donors (Lipinski definition) is 5. The van der Waals surface area contributed by atoms with Crippen LogP contribution in [0.1, 0.15) is 13.8 Å². The minimum Gasteiger partial charge on any atom is -0.480 e. The summed E-state index contributed by atoms with van der Waals surface area (Å²) in [6, 6.07) is -0.390. The molecule has 6 N–H and O–H groups in total.